The maximum Gasteiger partial charge on any atom is 0.224 e. The second-order valence-electron chi connectivity index (χ2n) is 4.76. The number of amides is 1. The number of rotatable bonds is 6. The first kappa shape index (κ1) is 13.5. The van der Waals surface area contributed by atoms with Crippen LogP contribution in [-0.4, -0.2) is 37.3 Å². The van der Waals surface area contributed by atoms with Crippen molar-refractivity contribution >= 4 is 5.91 Å². The molecule has 94 valence electrons. The number of nitrogens with one attached hydrogen (secondary N) is 2. The first-order valence-electron chi connectivity index (χ1n) is 6.33. The van der Waals surface area contributed by atoms with Gasteiger partial charge in [0, 0.05) is 19.7 Å². The summed E-state index contributed by atoms with van der Waals surface area (Å²) in [6, 6.07) is 0. The third kappa shape index (κ3) is 4.94. The molecule has 0 radical (unpaired) electrons. The quantitative estimate of drug-likeness (QED) is 0.581. The predicted molar refractivity (Wildman–Crippen MR) is 64.1 cm³/mol. The Morgan fingerprint density at radius 3 is 3.06 bits per heavy atom. The van der Waals surface area contributed by atoms with E-state index in [0.29, 0.717) is 5.92 Å². The molecule has 1 rings (SSSR count). The molecule has 1 aliphatic rings. The molecule has 0 aromatic heterocycles. The minimum Gasteiger partial charge on any atom is -0.396 e. The van der Waals surface area contributed by atoms with E-state index in [2.05, 4.69) is 10.6 Å². The molecule has 1 unspecified atom stereocenters. The SMILES string of the molecule is CC(CO)CCCNC(=O)[C@H]1CCCNC1. The fourth-order valence-electron chi connectivity index (χ4n) is 1.97. The Balaban J connectivity index is 2.05. The Hall–Kier alpha value is -0.610. The van der Waals surface area contributed by atoms with E-state index in [9.17, 15) is 4.79 Å². The number of piperidine rings is 1. The Labute approximate surface area is 97.8 Å². The van der Waals surface area contributed by atoms with Crippen molar-refractivity contribution < 1.29 is 9.90 Å². The van der Waals surface area contributed by atoms with Crippen LogP contribution in [0.5, 0.6) is 0 Å². The summed E-state index contributed by atoms with van der Waals surface area (Å²) in [4.78, 5) is 11.7. The maximum absolute atomic E-state index is 11.7. The van der Waals surface area contributed by atoms with Crippen molar-refractivity contribution in [2.45, 2.75) is 32.6 Å². The summed E-state index contributed by atoms with van der Waals surface area (Å²) in [6.07, 6.45) is 4.03. The third-order valence-corrected chi connectivity index (χ3v) is 3.15. The maximum atomic E-state index is 11.7. The molecule has 1 amide bonds. The average Bonchev–Trinajstić information content (AvgIpc) is 2.35. The van der Waals surface area contributed by atoms with Crippen LogP contribution in [-0.2, 0) is 4.79 Å². The normalized spacial score (nSPS) is 22.8. The molecule has 2 atom stereocenters. The zero-order chi connectivity index (χ0) is 11.8. The Morgan fingerprint density at radius 1 is 1.62 bits per heavy atom. The second-order valence-corrected chi connectivity index (χ2v) is 4.76. The number of carbonyl (C=O) groups is 1. The molecular weight excluding hydrogens is 204 g/mol. The summed E-state index contributed by atoms with van der Waals surface area (Å²) in [7, 11) is 0. The van der Waals surface area contributed by atoms with E-state index in [1.807, 2.05) is 6.92 Å². The first-order chi connectivity index (χ1) is 7.74. The molecule has 0 saturated carbocycles. The highest BCUT2D eigenvalue weighted by molar-refractivity contribution is 5.78. The molecule has 1 aliphatic heterocycles. The van der Waals surface area contributed by atoms with Crippen LogP contribution in [0.1, 0.15) is 32.6 Å². The highest BCUT2D eigenvalue weighted by Gasteiger charge is 2.19. The number of carbonyl (C=O) groups excluding carboxylic acids is 1. The Kier molecular flexibility index (Phi) is 6.42. The van der Waals surface area contributed by atoms with E-state index in [0.717, 1.165) is 45.3 Å². The summed E-state index contributed by atoms with van der Waals surface area (Å²) in [5, 5.41) is 15.1. The highest BCUT2D eigenvalue weighted by Crippen LogP contribution is 2.09. The lowest BCUT2D eigenvalue weighted by Gasteiger charge is -2.21. The fourth-order valence-corrected chi connectivity index (χ4v) is 1.97. The van der Waals surface area contributed by atoms with Crippen molar-refractivity contribution in [3.63, 3.8) is 0 Å². The van der Waals surface area contributed by atoms with E-state index in [1.54, 1.807) is 0 Å². The van der Waals surface area contributed by atoms with E-state index in [4.69, 9.17) is 5.11 Å². The molecule has 0 aliphatic carbocycles. The van der Waals surface area contributed by atoms with E-state index in [-0.39, 0.29) is 18.4 Å². The van der Waals surface area contributed by atoms with Gasteiger partial charge in [-0.1, -0.05) is 6.92 Å². The molecule has 1 fully saturated rings. The van der Waals surface area contributed by atoms with Crippen molar-refractivity contribution in [3.05, 3.63) is 0 Å². The van der Waals surface area contributed by atoms with Gasteiger partial charge in [0.05, 0.1) is 5.92 Å². The lowest BCUT2D eigenvalue weighted by molar-refractivity contribution is -0.125. The van der Waals surface area contributed by atoms with Gasteiger partial charge in [0.25, 0.3) is 0 Å². The van der Waals surface area contributed by atoms with Crippen LogP contribution in [0.2, 0.25) is 0 Å². The van der Waals surface area contributed by atoms with Crippen LogP contribution < -0.4 is 10.6 Å². The van der Waals surface area contributed by atoms with Crippen LogP contribution in [0.4, 0.5) is 0 Å². The van der Waals surface area contributed by atoms with Crippen molar-refractivity contribution in [1.82, 2.24) is 10.6 Å². The Bertz CT molecular complexity index is 203. The van der Waals surface area contributed by atoms with Crippen LogP contribution >= 0.6 is 0 Å². The smallest absolute Gasteiger partial charge is 0.224 e. The summed E-state index contributed by atoms with van der Waals surface area (Å²) < 4.78 is 0. The molecule has 4 heteroatoms. The minimum atomic E-state index is 0.156. The number of hydrogen-bond donors (Lipinski definition) is 3. The molecule has 0 aromatic carbocycles. The first-order valence-corrected chi connectivity index (χ1v) is 6.33. The molecule has 1 saturated heterocycles. The molecule has 1 heterocycles. The monoisotopic (exact) mass is 228 g/mol. The van der Waals surface area contributed by atoms with Crippen LogP contribution in [0.15, 0.2) is 0 Å². The van der Waals surface area contributed by atoms with Crippen molar-refractivity contribution in [3.8, 4) is 0 Å². The van der Waals surface area contributed by atoms with E-state index >= 15 is 0 Å². The van der Waals surface area contributed by atoms with Crippen molar-refractivity contribution in [1.29, 1.82) is 0 Å². The van der Waals surface area contributed by atoms with E-state index < -0.39 is 0 Å². The zero-order valence-corrected chi connectivity index (χ0v) is 10.2. The standard InChI is InChI=1S/C12H24N2O2/c1-10(9-15)4-2-7-14-12(16)11-5-3-6-13-8-11/h10-11,13,15H,2-9H2,1H3,(H,14,16)/t10?,11-/m0/s1. The highest BCUT2D eigenvalue weighted by atomic mass is 16.3. The molecule has 0 bridgehead atoms. The van der Waals surface area contributed by atoms with Crippen LogP contribution in [0.3, 0.4) is 0 Å². The topological polar surface area (TPSA) is 61.4 Å². The van der Waals surface area contributed by atoms with Crippen LogP contribution in [0, 0.1) is 11.8 Å². The summed E-state index contributed by atoms with van der Waals surface area (Å²) in [5.74, 6) is 0.682. The van der Waals surface area contributed by atoms with Gasteiger partial charge in [-0.15, -0.1) is 0 Å². The van der Waals surface area contributed by atoms with E-state index in [1.165, 1.54) is 0 Å². The molecule has 4 nitrogen and oxygen atoms in total. The van der Waals surface area contributed by atoms with Gasteiger partial charge >= 0.3 is 0 Å². The lowest BCUT2D eigenvalue weighted by Crippen LogP contribution is -2.40. The van der Waals surface area contributed by atoms with Gasteiger partial charge in [-0.25, -0.2) is 0 Å². The van der Waals surface area contributed by atoms with Crippen molar-refractivity contribution in [2.24, 2.45) is 11.8 Å². The van der Waals surface area contributed by atoms with Gasteiger partial charge in [0.1, 0.15) is 0 Å². The second kappa shape index (κ2) is 7.63. The summed E-state index contributed by atoms with van der Waals surface area (Å²) in [5.41, 5.74) is 0. The molecule has 0 aromatic rings. The van der Waals surface area contributed by atoms with Gasteiger partial charge < -0.3 is 15.7 Å². The number of aliphatic hydroxyl groups excluding tert-OH is 1. The van der Waals surface area contributed by atoms with Crippen LogP contribution in [0.25, 0.3) is 0 Å². The van der Waals surface area contributed by atoms with Gasteiger partial charge in [0.15, 0.2) is 0 Å². The predicted octanol–water partition coefficient (Wildman–Crippen LogP) is 0.511. The molecule has 0 spiro atoms. The van der Waals surface area contributed by atoms with Gasteiger partial charge in [-0.05, 0) is 38.1 Å². The van der Waals surface area contributed by atoms with Crippen molar-refractivity contribution in [2.75, 3.05) is 26.2 Å². The summed E-state index contributed by atoms with van der Waals surface area (Å²) >= 11 is 0. The fraction of sp³-hybridized carbons (Fsp3) is 0.917. The third-order valence-electron chi connectivity index (χ3n) is 3.15. The van der Waals surface area contributed by atoms with Gasteiger partial charge in [0.2, 0.25) is 5.91 Å². The number of hydrogen-bond acceptors (Lipinski definition) is 3. The average molecular weight is 228 g/mol. The largest absolute Gasteiger partial charge is 0.396 e. The minimum absolute atomic E-state index is 0.156. The molecule has 3 N–H and O–H groups in total. The summed E-state index contributed by atoms with van der Waals surface area (Å²) in [6.45, 7) is 4.85. The number of aliphatic hydroxyl groups is 1. The van der Waals surface area contributed by atoms with Gasteiger partial charge in [-0.2, -0.15) is 0 Å². The zero-order valence-electron chi connectivity index (χ0n) is 10.2. The molecular formula is C12H24N2O2. The van der Waals surface area contributed by atoms with Gasteiger partial charge in [-0.3, -0.25) is 4.79 Å². The Morgan fingerprint density at radius 2 is 2.44 bits per heavy atom. The lowest BCUT2D eigenvalue weighted by atomic mass is 9.99. The molecule has 16 heavy (non-hydrogen) atoms.